The minimum Gasteiger partial charge on any atom is -0.543 e. The number of fused-ring (bicyclic) bond motifs is 2. The summed E-state index contributed by atoms with van der Waals surface area (Å²) in [5.74, 6) is -3.30. The highest BCUT2D eigenvalue weighted by atomic mass is 32.2. The SMILES string of the molecule is CO/N=C(\C(=O)N[C@@H]1C(=O)N2C(C(=O)[O-])=C(C[n+]3cccc4c3ccn4Cc3ccc(C(=N)N)cc3F)CS[C@H]12)c1csc(N)n1. The number of anilines is 1. The van der Waals surface area contributed by atoms with E-state index in [4.69, 9.17) is 21.7 Å². The summed E-state index contributed by atoms with van der Waals surface area (Å²) in [5, 5.41) is 27.3. The summed E-state index contributed by atoms with van der Waals surface area (Å²) in [6.45, 7) is 0.354. The molecular formula is C29H26FN9O5S2. The van der Waals surface area contributed by atoms with Crippen molar-refractivity contribution in [3.63, 3.8) is 0 Å². The molecule has 5 heterocycles. The summed E-state index contributed by atoms with van der Waals surface area (Å²) in [5.41, 5.74) is 13.6. The predicted molar refractivity (Wildman–Crippen MR) is 166 cm³/mol. The summed E-state index contributed by atoms with van der Waals surface area (Å²) in [7, 11) is 1.26. The largest absolute Gasteiger partial charge is 0.543 e. The van der Waals surface area contributed by atoms with Crippen LogP contribution in [0.3, 0.4) is 0 Å². The summed E-state index contributed by atoms with van der Waals surface area (Å²) in [6.07, 6.45) is 3.58. The molecule has 2 atom stereocenters. The fourth-order valence-electron chi connectivity index (χ4n) is 5.42. The Labute approximate surface area is 268 Å². The van der Waals surface area contributed by atoms with Crippen LogP contribution in [0.5, 0.6) is 0 Å². The Balaban J connectivity index is 1.22. The number of amidine groups is 1. The van der Waals surface area contributed by atoms with Crippen molar-refractivity contribution >= 4 is 68.6 Å². The van der Waals surface area contributed by atoms with Gasteiger partial charge in [-0.25, -0.2) is 9.37 Å². The minimum absolute atomic E-state index is 0.142. The molecule has 0 bridgehead atoms. The number of nitrogens with zero attached hydrogens (tertiary/aromatic N) is 5. The molecule has 4 aromatic rings. The lowest BCUT2D eigenvalue weighted by atomic mass is 10.0. The summed E-state index contributed by atoms with van der Waals surface area (Å²) >= 11 is 2.42. The van der Waals surface area contributed by atoms with E-state index in [9.17, 15) is 23.9 Å². The van der Waals surface area contributed by atoms with Crippen molar-refractivity contribution in [2.45, 2.75) is 24.5 Å². The molecule has 0 aliphatic carbocycles. The Kier molecular flexibility index (Phi) is 8.18. The number of pyridine rings is 1. The monoisotopic (exact) mass is 663 g/mol. The van der Waals surface area contributed by atoms with Gasteiger partial charge in [-0.05, 0) is 12.1 Å². The van der Waals surface area contributed by atoms with Crippen molar-refractivity contribution in [3.05, 3.63) is 88.1 Å². The van der Waals surface area contributed by atoms with Crippen molar-refractivity contribution in [1.82, 2.24) is 19.8 Å². The lowest BCUT2D eigenvalue weighted by Crippen LogP contribution is -2.71. The first-order chi connectivity index (χ1) is 22.1. The number of nitrogen functional groups attached to an aromatic ring is 2. The first-order valence-corrected chi connectivity index (χ1v) is 15.6. The molecule has 14 nitrogen and oxygen atoms in total. The van der Waals surface area contributed by atoms with E-state index in [0.717, 1.165) is 27.3 Å². The van der Waals surface area contributed by atoms with E-state index in [1.165, 1.54) is 30.3 Å². The number of carbonyl (C=O) groups excluding carboxylic acids is 3. The molecule has 0 radical (unpaired) electrons. The molecule has 0 spiro atoms. The average Bonchev–Trinajstić information content (AvgIpc) is 3.65. The Hall–Kier alpha value is -5.29. The van der Waals surface area contributed by atoms with E-state index in [2.05, 4.69) is 15.5 Å². The Morgan fingerprint density at radius 3 is 2.80 bits per heavy atom. The molecule has 6 rings (SSSR count). The topological polar surface area (TPSA) is 209 Å². The third-order valence-electron chi connectivity index (χ3n) is 7.57. The molecule has 236 valence electrons. The van der Waals surface area contributed by atoms with E-state index in [1.807, 2.05) is 21.3 Å². The molecule has 1 aromatic carbocycles. The van der Waals surface area contributed by atoms with E-state index in [-0.39, 0.29) is 46.9 Å². The van der Waals surface area contributed by atoms with Gasteiger partial charge in [-0.3, -0.25) is 19.9 Å². The number of thioether (sulfide) groups is 1. The zero-order valence-corrected chi connectivity index (χ0v) is 25.7. The van der Waals surface area contributed by atoms with Gasteiger partial charge in [-0.2, -0.15) is 4.57 Å². The van der Waals surface area contributed by atoms with Crippen molar-refractivity contribution in [3.8, 4) is 0 Å². The van der Waals surface area contributed by atoms with Crippen molar-refractivity contribution < 1.29 is 33.3 Å². The van der Waals surface area contributed by atoms with Gasteiger partial charge in [0.05, 0.1) is 18.2 Å². The number of benzene rings is 1. The molecule has 1 fully saturated rings. The molecule has 17 heteroatoms. The van der Waals surface area contributed by atoms with E-state index in [0.29, 0.717) is 16.7 Å². The molecule has 0 saturated carbocycles. The van der Waals surface area contributed by atoms with Crippen LogP contribution in [-0.4, -0.2) is 68.1 Å². The highest BCUT2D eigenvalue weighted by Gasteiger charge is 2.53. The number of aliphatic carboxylic acids is 1. The number of carboxylic acid groups (broad SMARTS) is 1. The Morgan fingerprint density at radius 2 is 2.13 bits per heavy atom. The molecule has 46 heavy (non-hydrogen) atoms. The van der Waals surface area contributed by atoms with Gasteiger partial charge in [-0.15, -0.1) is 23.1 Å². The third-order valence-corrected chi connectivity index (χ3v) is 9.58. The lowest BCUT2D eigenvalue weighted by molar-refractivity contribution is -0.663. The Morgan fingerprint density at radius 1 is 1.33 bits per heavy atom. The van der Waals surface area contributed by atoms with Gasteiger partial charge in [-0.1, -0.05) is 17.3 Å². The van der Waals surface area contributed by atoms with Crippen LogP contribution in [0.4, 0.5) is 9.52 Å². The van der Waals surface area contributed by atoms with Gasteiger partial charge in [0.1, 0.15) is 41.4 Å². The zero-order valence-electron chi connectivity index (χ0n) is 24.1. The van der Waals surface area contributed by atoms with Gasteiger partial charge in [0.15, 0.2) is 23.6 Å². The number of nitrogens with two attached hydrogens (primary N) is 2. The van der Waals surface area contributed by atoms with Gasteiger partial charge >= 0.3 is 0 Å². The zero-order chi connectivity index (χ0) is 32.7. The highest BCUT2D eigenvalue weighted by molar-refractivity contribution is 8.00. The minimum atomic E-state index is -1.51. The van der Waals surface area contributed by atoms with Crippen molar-refractivity contribution in [2.24, 2.45) is 10.9 Å². The lowest BCUT2D eigenvalue weighted by Gasteiger charge is -2.50. The molecular weight excluding hydrogens is 638 g/mol. The normalized spacial score (nSPS) is 17.9. The maximum atomic E-state index is 14.8. The maximum Gasteiger partial charge on any atom is 0.276 e. The molecule has 0 unspecified atom stereocenters. The Bertz CT molecular complexity index is 1990. The average molecular weight is 664 g/mol. The molecule has 1 saturated heterocycles. The fourth-order valence-corrected chi connectivity index (χ4v) is 7.30. The number of amides is 2. The summed E-state index contributed by atoms with van der Waals surface area (Å²) in [4.78, 5) is 48.6. The van der Waals surface area contributed by atoms with Crippen molar-refractivity contribution in [2.75, 3.05) is 18.6 Å². The third kappa shape index (κ3) is 5.54. The number of oxime groups is 1. The van der Waals surface area contributed by atoms with Crippen LogP contribution in [0.25, 0.3) is 11.0 Å². The van der Waals surface area contributed by atoms with Gasteiger partial charge in [0.25, 0.3) is 11.8 Å². The van der Waals surface area contributed by atoms with Crippen LogP contribution in [0.15, 0.2) is 70.6 Å². The van der Waals surface area contributed by atoms with Crippen LogP contribution in [0.2, 0.25) is 0 Å². The molecule has 6 N–H and O–H groups in total. The second kappa shape index (κ2) is 12.2. The number of hydrogen-bond acceptors (Lipinski definition) is 11. The quantitative estimate of drug-likeness (QED) is 0.0586. The maximum absolute atomic E-state index is 14.8. The number of thiazole rings is 1. The van der Waals surface area contributed by atoms with Crippen LogP contribution in [-0.2, 0) is 32.3 Å². The van der Waals surface area contributed by atoms with Crippen LogP contribution in [0, 0.1) is 11.2 Å². The van der Waals surface area contributed by atoms with Gasteiger partial charge < -0.3 is 36.1 Å². The number of rotatable bonds is 10. The van der Waals surface area contributed by atoms with Crippen LogP contribution < -0.4 is 26.5 Å². The first-order valence-electron chi connectivity index (χ1n) is 13.7. The van der Waals surface area contributed by atoms with E-state index >= 15 is 0 Å². The smallest absolute Gasteiger partial charge is 0.276 e. The molecule has 2 amide bonds. The number of aromatic nitrogens is 3. The first kappa shape index (κ1) is 30.7. The number of halogens is 1. The number of β-lactam (4-membered cyclic amide) rings is 1. The second-order valence-electron chi connectivity index (χ2n) is 10.4. The summed E-state index contributed by atoms with van der Waals surface area (Å²) < 4.78 is 18.4. The molecule has 3 aromatic heterocycles. The number of nitrogens with one attached hydrogen (secondary N) is 2. The van der Waals surface area contributed by atoms with Crippen LogP contribution in [0.1, 0.15) is 16.8 Å². The van der Waals surface area contributed by atoms with Crippen LogP contribution >= 0.6 is 23.1 Å². The fraction of sp³-hybridized carbons (Fsp3) is 0.207. The van der Waals surface area contributed by atoms with Crippen molar-refractivity contribution in [1.29, 1.82) is 5.41 Å². The number of hydrogen-bond donors (Lipinski definition) is 4. The van der Waals surface area contributed by atoms with E-state index in [1.54, 1.807) is 30.6 Å². The molecule has 2 aliphatic rings. The molecule has 2 aliphatic heterocycles. The second-order valence-corrected chi connectivity index (χ2v) is 12.4. The number of carboxylic acids is 1. The highest BCUT2D eigenvalue weighted by Crippen LogP contribution is 2.40. The standard InChI is InChI=1S/C29H26FN9O5S2/c1-44-36-21(18-13-46-29(33)34-18)25(40)35-22-26(41)39-23(28(42)43)16(12-45-27(22)39)11-37-7-2-3-19-20(37)6-8-38(19)10-15-5-4-14(24(31)32)9-17(15)30/h2-9,13,22,27H,10-12H2,1H3,(H6-,31,32,33,34,35,40,42,43)/b36-21-/t22-,27-/m1/s1. The van der Waals surface area contributed by atoms with E-state index < -0.39 is 35.0 Å². The predicted octanol–water partition coefficient (Wildman–Crippen LogP) is -0.106. The summed E-state index contributed by atoms with van der Waals surface area (Å²) in [6, 6.07) is 8.88. The van der Waals surface area contributed by atoms with Gasteiger partial charge in [0, 0.05) is 46.2 Å². The number of carbonyl (C=O) groups is 3. The van der Waals surface area contributed by atoms with Gasteiger partial charge in [0.2, 0.25) is 5.52 Å².